The second kappa shape index (κ2) is 6.33. The van der Waals surface area contributed by atoms with Gasteiger partial charge in [0, 0.05) is 18.2 Å². The quantitative estimate of drug-likeness (QED) is 0.757. The van der Waals surface area contributed by atoms with Gasteiger partial charge in [-0.2, -0.15) is 0 Å². The summed E-state index contributed by atoms with van der Waals surface area (Å²) in [5.74, 6) is 0.692. The fourth-order valence-electron chi connectivity index (χ4n) is 1.43. The van der Waals surface area contributed by atoms with E-state index in [0.717, 1.165) is 13.0 Å². The van der Waals surface area contributed by atoms with E-state index in [1.807, 2.05) is 0 Å². The zero-order valence-electron chi connectivity index (χ0n) is 9.97. The van der Waals surface area contributed by atoms with E-state index < -0.39 is 0 Å². The van der Waals surface area contributed by atoms with Crippen LogP contribution in [0, 0.1) is 5.82 Å². The first kappa shape index (κ1) is 12.8. The molecule has 0 saturated heterocycles. The maximum absolute atomic E-state index is 13.6. The molecule has 0 aliphatic rings. The predicted octanol–water partition coefficient (Wildman–Crippen LogP) is 2.34. The molecule has 0 amide bonds. The lowest BCUT2D eigenvalue weighted by Gasteiger charge is -2.11. The average Bonchev–Trinajstić information content (AvgIpc) is 2.31. The van der Waals surface area contributed by atoms with Crippen molar-refractivity contribution in [2.24, 2.45) is 0 Å². The number of hydrogen-bond acceptors (Lipinski definition) is 3. The van der Waals surface area contributed by atoms with Crippen molar-refractivity contribution in [3.05, 3.63) is 23.5 Å². The van der Waals surface area contributed by atoms with Crippen LogP contribution in [0.1, 0.15) is 18.9 Å². The molecular formula is C12H18FNO2. The number of hydrogen-bond donors (Lipinski definition) is 1. The van der Waals surface area contributed by atoms with Crippen molar-refractivity contribution in [3.63, 3.8) is 0 Å². The summed E-state index contributed by atoms with van der Waals surface area (Å²) in [7, 11) is 3.03. The molecule has 0 bridgehead atoms. The maximum Gasteiger partial charge on any atom is 0.163 e. The van der Waals surface area contributed by atoms with E-state index >= 15 is 0 Å². The second-order valence-electron chi connectivity index (χ2n) is 3.48. The van der Waals surface area contributed by atoms with Crippen molar-refractivity contribution in [2.45, 2.75) is 19.9 Å². The van der Waals surface area contributed by atoms with Crippen molar-refractivity contribution < 1.29 is 13.9 Å². The number of halogens is 1. The standard InChI is InChI=1S/C12H18FNO2/c1-4-5-14-8-9-6-11(15-2)12(16-3)7-10(9)13/h6-7,14H,4-5,8H2,1-3H3. The smallest absolute Gasteiger partial charge is 0.163 e. The summed E-state index contributed by atoms with van der Waals surface area (Å²) in [6, 6.07) is 3.01. The van der Waals surface area contributed by atoms with Crippen LogP contribution in [0.4, 0.5) is 4.39 Å². The van der Waals surface area contributed by atoms with E-state index in [-0.39, 0.29) is 5.82 Å². The minimum absolute atomic E-state index is 0.277. The molecule has 0 fully saturated rings. The molecule has 1 rings (SSSR count). The normalized spacial score (nSPS) is 10.2. The Kier molecular flexibility index (Phi) is 5.05. The Morgan fingerprint density at radius 2 is 1.81 bits per heavy atom. The molecule has 0 heterocycles. The SMILES string of the molecule is CCCNCc1cc(OC)c(OC)cc1F. The molecule has 90 valence electrons. The van der Waals surface area contributed by atoms with Gasteiger partial charge in [-0.15, -0.1) is 0 Å². The van der Waals surface area contributed by atoms with Crippen LogP contribution < -0.4 is 14.8 Å². The molecule has 1 N–H and O–H groups in total. The van der Waals surface area contributed by atoms with Gasteiger partial charge in [0.25, 0.3) is 0 Å². The van der Waals surface area contributed by atoms with E-state index in [0.29, 0.717) is 23.6 Å². The van der Waals surface area contributed by atoms with Gasteiger partial charge in [0.1, 0.15) is 5.82 Å². The van der Waals surface area contributed by atoms with Gasteiger partial charge in [-0.05, 0) is 19.0 Å². The third-order valence-electron chi connectivity index (χ3n) is 2.29. The molecule has 0 unspecified atom stereocenters. The highest BCUT2D eigenvalue weighted by atomic mass is 19.1. The molecule has 0 atom stereocenters. The largest absolute Gasteiger partial charge is 0.493 e. The summed E-state index contributed by atoms with van der Waals surface area (Å²) < 4.78 is 23.7. The monoisotopic (exact) mass is 227 g/mol. The van der Waals surface area contributed by atoms with E-state index in [9.17, 15) is 4.39 Å². The number of methoxy groups -OCH3 is 2. The highest BCUT2D eigenvalue weighted by Crippen LogP contribution is 2.29. The average molecular weight is 227 g/mol. The Morgan fingerprint density at radius 1 is 1.19 bits per heavy atom. The van der Waals surface area contributed by atoms with Gasteiger partial charge < -0.3 is 14.8 Å². The lowest BCUT2D eigenvalue weighted by Crippen LogP contribution is -2.15. The fourth-order valence-corrected chi connectivity index (χ4v) is 1.43. The summed E-state index contributed by atoms with van der Waals surface area (Å²) in [6.07, 6.45) is 1.02. The summed E-state index contributed by atoms with van der Waals surface area (Å²) in [5, 5.41) is 3.14. The van der Waals surface area contributed by atoms with Crippen molar-refractivity contribution in [2.75, 3.05) is 20.8 Å². The lowest BCUT2D eigenvalue weighted by molar-refractivity contribution is 0.351. The third-order valence-corrected chi connectivity index (χ3v) is 2.29. The van der Waals surface area contributed by atoms with Crippen LogP contribution in [-0.4, -0.2) is 20.8 Å². The van der Waals surface area contributed by atoms with Gasteiger partial charge in [-0.25, -0.2) is 4.39 Å². The van der Waals surface area contributed by atoms with Crippen LogP contribution in [0.2, 0.25) is 0 Å². The third kappa shape index (κ3) is 3.10. The molecule has 0 radical (unpaired) electrons. The van der Waals surface area contributed by atoms with Crippen LogP contribution in [0.5, 0.6) is 11.5 Å². The number of rotatable bonds is 6. The highest BCUT2D eigenvalue weighted by Gasteiger charge is 2.10. The van der Waals surface area contributed by atoms with E-state index in [4.69, 9.17) is 9.47 Å². The molecule has 0 aromatic heterocycles. The maximum atomic E-state index is 13.6. The molecule has 1 aromatic carbocycles. The molecule has 4 heteroatoms. The first-order chi connectivity index (χ1) is 7.72. The Labute approximate surface area is 95.6 Å². The molecule has 3 nitrogen and oxygen atoms in total. The zero-order chi connectivity index (χ0) is 12.0. The highest BCUT2D eigenvalue weighted by molar-refractivity contribution is 5.43. The van der Waals surface area contributed by atoms with Crippen LogP contribution in [0.3, 0.4) is 0 Å². The van der Waals surface area contributed by atoms with Gasteiger partial charge in [-0.3, -0.25) is 0 Å². The van der Waals surface area contributed by atoms with Crippen LogP contribution in [-0.2, 0) is 6.54 Å². The summed E-state index contributed by atoms with van der Waals surface area (Å²) in [5.41, 5.74) is 0.589. The summed E-state index contributed by atoms with van der Waals surface area (Å²) >= 11 is 0. The molecule has 0 saturated carbocycles. The van der Waals surface area contributed by atoms with E-state index in [2.05, 4.69) is 12.2 Å². The van der Waals surface area contributed by atoms with Gasteiger partial charge >= 0.3 is 0 Å². The Morgan fingerprint density at radius 3 is 2.38 bits per heavy atom. The topological polar surface area (TPSA) is 30.5 Å². The van der Waals surface area contributed by atoms with E-state index in [1.165, 1.54) is 13.2 Å². The van der Waals surface area contributed by atoms with Crippen LogP contribution in [0.15, 0.2) is 12.1 Å². The zero-order valence-corrected chi connectivity index (χ0v) is 9.97. The predicted molar refractivity (Wildman–Crippen MR) is 61.5 cm³/mol. The van der Waals surface area contributed by atoms with Crippen molar-refractivity contribution in [1.82, 2.24) is 5.32 Å². The Balaban J connectivity index is 2.84. The second-order valence-corrected chi connectivity index (χ2v) is 3.48. The molecule has 16 heavy (non-hydrogen) atoms. The minimum atomic E-state index is -0.277. The number of nitrogens with one attached hydrogen (secondary N) is 1. The Hall–Kier alpha value is -1.29. The van der Waals surface area contributed by atoms with Gasteiger partial charge in [0.15, 0.2) is 11.5 Å². The van der Waals surface area contributed by atoms with Crippen molar-refractivity contribution in [1.29, 1.82) is 0 Å². The van der Waals surface area contributed by atoms with Gasteiger partial charge in [-0.1, -0.05) is 6.92 Å². The molecular weight excluding hydrogens is 209 g/mol. The number of benzene rings is 1. The summed E-state index contributed by atoms with van der Waals surface area (Å²) in [4.78, 5) is 0. The van der Waals surface area contributed by atoms with Crippen molar-refractivity contribution >= 4 is 0 Å². The van der Waals surface area contributed by atoms with Gasteiger partial charge in [0.05, 0.1) is 14.2 Å². The van der Waals surface area contributed by atoms with Crippen LogP contribution in [0.25, 0.3) is 0 Å². The first-order valence-electron chi connectivity index (χ1n) is 5.34. The Bertz CT molecular complexity index is 342. The molecule has 1 aromatic rings. The van der Waals surface area contributed by atoms with E-state index in [1.54, 1.807) is 13.2 Å². The van der Waals surface area contributed by atoms with Gasteiger partial charge in [0.2, 0.25) is 0 Å². The fraction of sp³-hybridized carbons (Fsp3) is 0.500. The van der Waals surface area contributed by atoms with Crippen LogP contribution >= 0.6 is 0 Å². The number of ether oxygens (including phenoxy) is 2. The first-order valence-corrected chi connectivity index (χ1v) is 5.34. The molecule has 0 aliphatic carbocycles. The molecule has 0 spiro atoms. The minimum Gasteiger partial charge on any atom is -0.493 e. The molecule has 0 aliphatic heterocycles. The van der Waals surface area contributed by atoms with Crippen molar-refractivity contribution in [3.8, 4) is 11.5 Å². The summed E-state index contributed by atoms with van der Waals surface area (Å²) in [6.45, 7) is 3.44. The lowest BCUT2D eigenvalue weighted by atomic mass is 10.2.